The molecule has 0 saturated heterocycles. The molecule has 0 radical (unpaired) electrons. The normalized spacial score (nSPS) is 11.6. The van der Waals surface area contributed by atoms with Gasteiger partial charge in [0.15, 0.2) is 11.3 Å². The molecular formula is C19H17F3N2O5S. The van der Waals surface area contributed by atoms with E-state index in [1.54, 1.807) is 0 Å². The molecule has 2 aromatic heterocycles. The highest BCUT2D eigenvalue weighted by atomic mass is 32.1. The average molecular weight is 442 g/mol. The van der Waals surface area contributed by atoms with E-state index >= 15 is 0 Å². The number of carbonyl (C=O) groups is 1. The van der Waals surface area contributed by atoms with Crippen LogP contribution in [0.25, 0.3) is 10.2 Å². The fourth-order valence-corrected chi connectivity index (χ4v) is 3.97. The summed E-state index contributed by atoms with van der Waals surface area (Å²) in [6.45, 7) is 2.12. The summed E-state index contributed by atoms with van der Waals surface area (Å²) in [5.41, 5.74) is -1.20. The lowest BCUT2D eigenvalue weighted by Crippen LogP contribution is -2.38. The molecule has 3 rings (SSSR count). The van der Waals surface area contributed by atoms with E-state index in [1.807, 2.05) is 6.92 Å². The summed E-state index contributed by atoms with van der Waals surface area (Å²) in [6, 6.07) is 4.77. The number of halogens is 3. The van der Waals surface area contributed by atoms with Crippen LogP contribution in [0.4, 0.5) is 13.2 Å². The van der Waals surface area contributed by atoms with E-state index in [0.29, 0.717) is 12.7 Å². The number of alkyl halides is 3. The largest absolute Gasteiger partial charge is 0.573 e. The Bertz CT molecular complexity index is 1210. The lowest BCUT2D eigenvalue weighted by molar-refractivity contribution is -0.274. The van der Waals surface area contributed by atoms with Gasteiger partial charge in [-0.25, -0.2) is 4.79 Å². The molecule has 3 aromatic rings. The maximum Gasteiger partial charge on any atom is 0.573 e. The summed E-state index contributed by atoms with van der Waals surface area (Å²) >= 11 is 0.883. The number of nitrogens with zero attached hydrogens (tertiary/aromatic N) is 2. The molecule has 0 spiro atoms. The van der Waals surface area contributed by atoms with Crippen molar-refractivity contribution in [3.05, 3.63) is 50.7 Å². The van der Waals surface area contributed by atoms with Gasteiger partial charge in [0.1, 0.15) is 16.3 Å². The van der Waals surface area contributed by atoms with Crippen LogP contribution in [0.5, 0.6) is 16.6 Å². The maximum atomic E-state index is 12.9. The van der Waals surface area contributed by atoms with Crippen LogP contribution >= 0.6 is 11.3 Å². The molecule has 0 atom stereocenters. The molecule has 0 N–H and O–H groups in total. The van der Waals surface area contributed by atoms with Crippen LogP contribution in [0, 0.1) is 0 Å². The second-order valence-electron chi connectivity index (χ2n) is 6.38. The molecule has 0 fully saturated rings. The number of benzene rings is 1. The summed E-state index contributed by atoms with van der Waals surface area (Å²) in [4.78, 5) is 37.4. The Morgan fingerprint density at radius 3 is 2.53 bits per heavy atom. The van der Waals surface area contributed by atoms with Crippen LogP contribution in [0.3, 0.4) is 0 Å². The van der Waals surface area contributed by atoms with Gasteiger partial charge in [0, 0.05) is 19.7 Å². The Morgan fingerprint density at radius 1 is 1.20 bits per heavy atom. The van der Waals surface area contributed by atoms with Gasteiger partial charge >= 0.3 is 12.1 Å². The van der Waals surface area contributed by atoms with Crippen molar-refractivity contribution in [1.29, 1.82) is 0 Å². The first-order valence-corrected chi connectivity index (χ1v) is 9.73. The highest BCUT2D eigenvalue weighted by molar-refractivity contribution is 7.20. The SMILES string of the molecule is CCCCn1c(=O)c2c(C=O)c(Oc3cccc(OC(F)(F)F)c3)sc2n(C)c1=O. The Morgan fingerprint density at radius 2 is 1.90 bits per heavy atom. The van der Waals surface area contributed by atoms with Crippen LogP contribution in [0.2, 0.25) is 0 Å². The predicted octanol–water partition coefficient (Wildman–Crippen LogP) is 4.07. The molecule has 11 heteroatoms. The highest BCUT2D eigenvalue weighted by Gasteiger charge is 2.31. The Hall–Kier alpha value is -3.08. The number of hydrogen-bond donors (Lipinski definition) is 0. The van der Waals surface area contributed by atoms with Gasteiger partial charge in [-0.2, -0.15) is 0 Å². The number of unbranched alkanes of at least 4 members (excludes halogenated alkanes) is 1. The van der Waals surface area contributed by atoms with Gasteiger partial charge in [0.2, 0.25) is 0 Å². The lowest BCUT2D eigenvalue weighted by Gasteiger charge is -2.10. The molecule has 7 nitrogen and oxygen atoms in total. The smallest absolute Gasteiger partial charge is 0.446 e. The lowest BCUT2D eigenvalue weighted by atomic mass is 10.2. The number of fused-ring (bicyclic) bond motifs is 1. The number of aryl methyl sites for hydroxylation is 1. The van der Waals surface area contributed by atoms with Crippen molar-refractivity contribution in [2.45, 2.75) is 32.7 Å². The van der Waals surface area contributed by atoms with Gasteiger partial charge < -0.3 is 9.47 Å². The highest BCUT2D eigenvalue weighted by Crippen LogP contribution is 2.38. The van der Waals surface area contributed by atoms with Gasteiger partial charge in [-0.1, -0.05) is 30.7 Å². The third-order valence-corrected chi connectivity index (χ3v) is 5.44. The van der Waals surface area contributed by atoms with Crippen molar-refractivity contribution in [1.82, 2.24) is 9.13 Å². The minimum Gasteiger partial charge on any atom is -0.446 e. The number of carbonyl (C=O) groups excluding carboxylic acids is 1. The summed E-state index contributed by atoms with van der Waals surface area (Å²) in [5.74, 6) is -0.522. The van der Waals surface area contributed by atoms with Crippen molar-refractivity contribution in [3.63, 3.8) is 0 Å². The molecule has 0 amide bonds. The van der Waals surface area contributed by atoms with Gasteiger partial charge in [-0.3, -0.25) is 18.7 Å². The van der Waals surface area contributed by atoms with Crippen LogP contribution < -0.4 is 20.7 Å². The van der Waals surface area contributed by atoms with E-state index in [2.05, 4.69) is 4.74 Å². The molecule has 0 aliphatic heterocycles. The fourth-order valence-electron chi connectivity index (χ4n) is 2.88. The molecule has 0 aliphatic rings. The Kier molecular flexibility index (Phi) is 6.01. The van der Waals surface area contributed by atoms with Crippen LogP contribution in [0.1, 0.15) is 30.1 Å². The van der Waals surface area contributed by atoms with Gasteiger partial charge in [0.05, 0.1) is 10.9 Å². The minimum atomic E-state index is -4.87. The molecule has 1 aromatic carbocycles. The van der Waals surface area contributed by atoms with E-state index in [4.69, 9.17) is 4.74 Å². The quantitative estimate of drug-likeness (QED) is 0.516. The summed E-state index contributed by atoms with van der Waals surface area (Å²) in [7, 11) is 1.47. The molecule has 160 valence electrons. The average Bonchev–Trinajstić information content (AvgIpc) is 3.03. The maximum absolute atomic E-state index is 12.9. The van der Waals surface area contributed by atoms with Gasteiger partial charge in [-0.15, -0.1) is 13.2 Å². The van der Waals surface area contributed by atoms with Crippen LogP contribution in [-0.4, -0.2) is 21.8 Å². The zero-order valence-electron chi connectivity index (χ0n) is 16.0. The van der Waals surface area contributed by atoms with E-state index in [-0.39, 0.29) is 33.1 Å². The Balaban J connectivity index is 2.10. The van der Waals surface area contributed by atoms with Crippen molar-refractivity contribution in [2.75, 3.05) is 0 Å². The van der Waals surface area contributed by atoms with E-state index in [0.717, 1.165) is 34.5 Å². The number of aromatic nitrogens is 2. The van der Waals surface area contributed by atoms with Gasteiger partial charge in [0.25, 0.3) is 5.56 Å². The minimum absolute atomic E-state index is 0.00972. The molecule has 0 saturated carbocycles. The zero-order valence-corrected chi connectivity index (χ0v) is 16.8. The number of thiophene rings is 1. The summed E-state index contributed by atoms with van der Waals surface area (Å²) < 4.78 is 49.1. The molecule has 2 heterocycles. The summed E-state index contributed by atoms with van der Waals surface area (Å²) in [6.07, 6.45) is -3.06. The topological polar surface area (TPSA) is 79.5 Å². The van der Waals surface area contributed by atoms with E-state index in [9.17, 15) is 27.6 Å². The molecular weight excluding hydrogens is 425 g/mol. The number of rotatable bonds is 7. The standard InChI is InChI=1S/C19H17F3N2O5S/c1-3-4-8-24-15(26)14-13(10-25)17(30-16(14)23(2)18(24)27)28-11-6-5-7-12(9-11)29-19(20,21)22/h5-7,9-10H,3-4,8H2,1-2H3. The van der Waals surface area contributed by atoms with Gasteiger partial charge in [-0.05, 0) is 18.6 Å². The molecule has 0 bridgehead atoms. The first kappa shape index (κ1) is 21.6. The second-order valence-corrected chi connectivity index (χ2v) is 7.34. The second kappa shape index (κ2) is 8.34. The predicted molar refractivity (Wildman–Crippen MR) is 105 cm³/mol. The third-order valence-electron chi connectivity index (χ3n) is 4.28. The third kappa shape index (κ3) is 4.25. The van der Waals surface area contributed by atoms with Crippen molar-refractivity contribution >= 4 is 27.8 Å². The molecule has 0 aliphatic carbocycles. The van der Waals surface area contributed by atoms with Crippen LogP contribution in [0.15, 0.2) is 33.9 Å². The number of hydrogen-bond acceptors (Lipinski definition) is 6. The summed E-state index contributed by atoms with van der Waals surface area (Å²) in [5, 5.41) is 0.0235. The first-order chi connectivity index (χ1) is 14.2. The van der Waals surface area contributed by atoms with Crippen LogP contribution in [-0.2, 0) is 13.6 Å². The fraction of sp³-hybridized carbons (Fsp3) is 0.316. The monoisotopic (exact) mass is 442 g/mol. The molecule has 30 heavy (non-hydrogen) atoms. The van der Waals surface area contributed by atoms with E-state index < -0.39 is 23.4 Å². The first-order valence-electron chi connectivity index (χ1n) is 8.91. The number of ether oxygens (including phenoxy) is 2. The zero-order chi connectivity index (χ0) is 22.1. The number of aldehydes is 1. The van der Waals surface area contributed by atoms with Crippen molar-refractivity contribution in [2.24, 2.45) is 7.05 Å². The van der Waals surface area contributed by atoms with Crippen molar-refractivity contribution in [3.8, 4) is 16.6 Å². The molecule has 0 unspecified atom stereocenters. The van der Waals surface area contributed by atoms with E-state index in [1.165, 1.54) is 23.7 Å². The Labute approximate surface area is 171 Å². The van der Waals surface area contributed by atoms with Crippen molar-refractivity contribution < 1.29 is 27.4 Å².